The Morgan fingerprint density at radius 3 is 2.71 bits per heavy atom. The van der Waals surface area contributed by atoms with E-state index in [1.54, 1.807) is 31.3 Å². The van der Waals surface area contributed by atoms with Crippen LogP contribution in [-0.2, 0) is 0 Å². The van der Waals surface area contributed by atoms with Crippen LogP contribution in [0.5, 0.6) is 5.75 Å². The Hall–Kier alpha value is -2.14. The molecule has 0 aliphatic heterocycles. The summed E-state index contributed by atoms with van der Waals surface area (Å²) in [5.41, 5.74) is -0.000932. The van der Waals surface area contributed by atoms with Crippen LogP contribution in [0.25, 0.3) is 0 Å². The molecule has 0 fully saturated rings. The first-order valence-electron chi connectivity index (χ1n) is 6.31. The van der Waals surface area contributed by atoms with Gasteiger partial charge in [0.15, 0.2) is 5.82 Å². The number of likely N-dealkylation sites (N-methyl/N-ethyl adjacent to an activating group) is 1. The minimum Gasteiger partial charge on any atom is -0.492 e. The monoisotopic (exact) mass is 308 g/mol. The van der Waals surface area contributed by atoms with Gasteiger partial charge >= 0.3 is 0 Å². The predicted molar refractivity (Wildman–Crippen MR) is 78.1 cm³/mol. The first-order valence-corrected chi connectivity index (χ1v) is 6.69. The number of benzene rings is 1. The fourth-order valence-corrected chi connectivity index (χ4v) is 1.81. The van der Waals surface area contributed by atoms with Crippen LogP contribution in [-0.4, -0.2) is 36.0 Å². The molecule has 2 rings (SSSR count). The lowest BCUT2D eigenvalue weighted by atomic mass is 10.2. The molecule has 0 N–H and O–H groups in total. The second-order valence-electron chi connectivity index (χ2n) is 4.38. The summed E-state index contributed by atoms with van der Waals surface area (Å²) in [7, 11) is 1.59. The number of rotatable bonds is 5. The largest absolute Gasteiger partial charge is 0.492 e. The van der Waals surface area contributed by atoms with E-state index in [0.29, 0.717) is 23.9 Å². The van der Waals surface area contributed by atoms with Gasteiger partial charge in [-0.15, -0.1) is 0 Å². The SMILES string of the molecule is CN(CCOc1ccc(Cl)cc1)C(=O)c1ccncc1F. The van der Waals surface area contributed by atoms with Crippen molar-refractivity contribution in [3.8, 4) is 5.75 Å². The molecule has 2 aromatic rings. The Kier molecular flexibility index (Phi) is 5.11. The maximum absolute atomic E-state index is 13.5. The first-order chi connectivity index (χ1) is 10.1. The molecule has 0 radical (unpaired) electrons. The lowest BCUT2D eigenvalue weighted by Crippen LogP contribution is -2.31. The van der Waals surface area contributed by atoms with E-state index in [-0.39, 0.29) is 5.56 Å². The van der Waals surface area contributed by atoms with Gasteiger partial charge in [-0.25, -0.2) is 4.39 Å². The lowest BCUT2D eigenvalue weighted by molar-refractivity contribution is 0.0769. The van der Waals surface area contributed by atoms with E-state index in [0.717, 1.165) is 6.20 Å². The molecule has 0 atom stereocenters. The summed E-state index contributed by atoms with van der Waals surface area (Å²) in [5.74, 6) is -0.377. The maximum Gasteiger partial charge on any atom is 0.256 e. The first kappa shape index (κ1) is 15.3. The quantitative estimate of drug-likeness (QED) is 0.852. The number of amides is 1. The van der Waals surface area contributed by atoms with Crippen LogP contribution in [0.3, 0.4) is 0 Å². The minimum atomic E-state index is -0.632. The molecule has 21 heavy (non-hydrogen) atoms. The van der Waals surface area contributed by atoms with Crippen molar-refractivity contribution < 1.29 is 13.9 Å². The Balaban J connectivity index is 1.87. The Labute approximate surface area is 127 Å². The summed E-state index contributed by atoms with van der Waals surface area (Å²) < 4.78 is 19.0. The van der Waals surface area contributed by atoms with Gasteiger partial charge in [0.25, 0.3) is 5.91 Å². The van der Waals surface area contributed by atoms with Crippen LogP contribution in [0.2, 0.25) is 5.02 Å². The van der Waals surface area contributed by atoms with E-state index < -0.39 is 11.7 Å². The van der Waals surface area contributed by atoms with E-state index in [1.165, 1.54) is 17.2 Å². The third-order valence-electron chi connectivity index (χ3n) is 2.86. The highest BCUT2D eigenvalue weighted by Crippen LogP contribution is 2.15. The lowest BCUT2D eigenvalue weighted by Gasteiger charge is -2.17. The summed E-state index contributed by atoms with van der Waals surface area (Å²) in [4.78, 5) is 17.0. The minimum absolute atomic E-state index is 0.000932. The molecular formula is C15H14ClFN2O2. The highest BCUT2D eigenvalue weighted by atomic mass is 35.5. The molecule has 0 saturated carbocycles. The van der Waals surface area contributed by atoms with Crippen LogP contribution in [0.1, 0.15) is 10.4 Å². The summed E-state index contributed by atoms with van der Waals surface area (Å²) in [6.45, 7) is 0.639. The molecule has 0 aliphatic carbocycles. The smallest absolute Gasteiger partial charge is 0.256 e. The van der Waals surface area contributed by atoms with Crippen molar-refractivity contribution in [1.29, 1.82) is 0 Å². The van der Waals surface area contributed by atoms with Gasteiger partial charge in [-0.3, -0.25) is 9.78 Å². The zero-order chi connectivity index (χ0) is 15.2. The van der Waals surface area contributed by atoms with Crippen LogP contribution < -0.4 is 4.74 Å². The van der Waals surface area contributed by atoms with E-state index in [4.69, 9.17) is 16.3 Å². The molecular weight excluding hydrogens is 295 g/mol. The second kappa shape index (κ2) is 7.04. The third-order valence-corrected chi connectivity index (χ3v) is 3.11. The molecule has 110 valence electrons. The molecule has 0 spiro atoms. The zero-order valence-electron chi connectivity index (χ0n) is 11.4. The van der Waals surface area contributed by atoms with Gasteiger partial charge in [-0.05, 0) is 30.3 Å². The number of halogens is 2. The molecule has 0 bridgehead atoms. The van der Waals surface area contributed by atoms with Crippen molar-refractivity contribution in [3.63, 3.8) is 0 Å². The van der Waals surface area contributed by atoms with Crippen molar-refractivity contribution in [3.05, 3.63) is 59.1 Å². The molecule has 4 nitrogen and oxygen atoms in total. The molecule has 6 heteroatoms. The average molecular weight is 309 g/mol. The van der Waals surface area contributed by atoms with E-state index in [1.807, 2.05) is 0 Å². The molecule has 1 heterocycles. The van der Waals surface area contributed by atoms with Gasteiger partial charge in [-0.1, -0.05) is 11.6 Å². The van der Waals surface area contributed by atoms with Crippen molar-refractivity contribution in [2.75, 3.05) is 20.2 Å². The number of carbonyl (C=O) groups excluding carboxylic acids is 1. The zero-order valence-corrected chi connectivity index (χ0v) is 12.2. The van der Waals surface area contributed by atoms with Gasteiger partial charge in [0.2, 0.25) is 0 Å². The maximum atomic E-state index is 13.5. The topological polar surface area (TPSA) is 42.4 Å². The summed E-state index contributed by atoms with van der Waals surface area (Å²) in [6.07, 6.45) is 2.40. The highest BCUT2D eigenvalue weighted by molar-refractivity contribution is 6.30. The fourth-order valence-electron chi connectivity index (χ4n) is 1.69. The van der Waals surface area contributed by atoms with Crippen LogP contribution >= 0.6 is 11.6 Å². The van der Waals surface area contributed by atoms with Crippen LogP contribution in [0.4, 0.5) is 4.39 Å². The van der Waals surface area contributed by atoms with E-state index in [2.05, 4.69) is 4.98 Å². The summed E-state index contributed by atoms with van der Waals surface area (Å²) in [5, 5.41) is 0.628. The van der Waals surface area contributed by atoms with E-state index >= 15 is 0 Å². The Morgan fingerprint density at radius 1 is 1.33 bits per heavy atom. The number of hydrogen-bond acceptors (Lipinski definition) is 3. The molecule has 1 aromatic carbocycles. The standard InChI is InChI=1S/C15H14ClFN2O2/c1-19(15(20)13-6-7-18-10-14(13)17)8-9-21-12-4-2-11(16)3-5-12/h2-7,10H,8-9H2,1H3. The average Bonchev–Trinajstić information content (AvgIpc) is 2.49. The van der Waals surface area contributed by atoms with Crippen molar-refractivity contribution in [2.45, 2.75) is 0 Å². The number of carbonyl (C=O) groups is 1. The molecule has 0 saturated heterocycles. The highest BCUT2D eigenvalue weighted by Gasteiger charge is 2.15. The van der Waals surface area contributed by atoms with Gasteiger partial charge in [0, 0.05) is 18.3 Å². The number of ether oxygens (including phenoxy) is 1. The van der Waals surface area contributed by atoms with Gasteiger partial charge in [0.1, 0.15) is 12.4 Å². The normalized spacial score (nSPS) is 10.2. The summed E-state index contributed by atoms with van der Waals surface area (Å²) >= 11 is 5.77. The van der Waals surface area contributed by atoms with Crippen LogP contribution in [0, 0.1) is 5.82 Å². The molecule has 1 amide bonds. The number of nitrogens with zero attached hydrogens (tertiary/aromatic N) is 2. The number of aromatic nitrogens is 1. The number of pyridine rings is 1. The Morgan fingerprint density at radius 2 is 2.05 bits per heavy atom. The molecule has 0 aliphatic rings. The number of hydrogen-bond donors (Lipinski definition) is 0. The van der Waals surface area contributed by atoms with Gasteiger partial charge in [-0.2, -0.15) is 0 Å². The van der Waals surface area contributed by atoms with Crippen molar-refractivity contribution >= 4 is 17.5 Å². The molecule has 1 aromatic heterocycles. The van der Waals surface area contributed by atoms with Crippen molar-refractivity contribution in [2.24, 2.45) is 0 Å². The van der Waals surface area contributed by atoms with Gasteiger partial charge < -0.3 is 9.64 Å². The molecule has 0 unspecified atom stereocenters. The van der Waals surface area contributed by atoms with Gasteiger partial charge in [0.05, 0.1) is 18.3 Å². The Bertz CT molecular complexity index is 619. The second-order valence-corrected chi connectivity index (χ2v) is 4.82. The predicted octanol–water partition coefficient (Wildman–Crippen LogP) is 3.03. The van der Waals surface area contributed by atoms with Crippen molar-refractivity contribution in [1.82, 2.24) is 9.88 Å². The summed E-state index contributed by atoms with van der Waals surface area (Å²) in [6, 6.07) is 8.28. The van der Waals surface area contributed by atoms with E-state index in [9.17, 15) is 9.18 Å². The van der Waals surface area contributed by atoms with Crippen LogP contribution in [0.15, 0.2) is 42.7 Å². The fraction of sp³-hybridized carbons (Fsp3) is 0.200. The third kappa shape index (κ3) is 4.16.